The maximum Gasteiger partial charge on any atom is 0.416 e. The molecule has 1 aliphatic carbocycles. The number of hydrogen-bond donors (Lipinski definition) is 0. The first-order valence-electron chi connectivity index (χ1n) is 7.93. The molecule has 1 aromatic rings. The van der Waals surface area contributed by atoms with Gasteiger partial charge in [-0.15, -0.1) is 0 Å². The Kier molecular flexibility index (Phi) is 4.30. The van der Waals surface area contributed by atoms with Crippen molar-refractivity contribution < 1.29 is 27.7 Å². The number of benzene rings is 1. The van der Waals surface area contributed by atoms with E-state index in [0.717, 1.165) is 18.6 Å². The van der Waals surface area contributed by atoms with Gasteiger partial charge in [-0.05, 0) is 37.1 Å². The smallest absolute Gasteiger partial charge is 0.299 e. The molecule has 6 heteroatoms. The zero-order chi connectivity index (χ0) is 17.5. The van der Waals surface area contributed by atoms with Gasteiger partial charge >= 0.3 is 6.18 Å². The molecule has 1 heterocycles. The monoisotopic (exact) mass is 340 g/mol. The third-order valence-electron chi connectivity index (χ3n) is 5.04. The van der Waals surface area contributed by atoms with E-state index in [4.69, 9.17) is 9.78 Å². The van der Waals surface area contributed by atoms with Crippen LogP contribution < -0.4 is 0 Å². The summed E-state index contributed by atoms with van der Waals surface area (Å²) in [4.78, 5) is 22.9. The first kappa shape index (κ1) is 17.2. The van der Waals surface area contributed by atoms with E-state index in [1.54, 1.807) is 12.2 Å². The Hall–Kier alpha value is -1.66. The van der Waals surface area contributed by atoms with Gasteiger partial charge in [0.25, 0.3) is 0 Å². The van der Waals surface area contributed by atoms with E-state index in [1.807, 2.05) is 13.8 Å². The maximum absolute atomic E-state index is 12.6. The average Bonchev–Trinajstić information content (AvgIpc) is 2.53. The van der Waals surface area contributed by atoms with Crippen LogP contribution in [-0.2, 0) is 20.7 Å². The molecule has 2 fully saturated rings. The second-order valence-electron chi connectivity index (χ2n) is 6.75. The summed E-state index contributed by atoms with van der Waals surface area (Å²) in [5, 5.41) is 0. The topological polar surface area (TPSA) is 35.5 Å². The molecule has 0 spiro atoms. The summed E-state index contributed by atoms with van der Waals surface area (Å²) in [7, 11) is 0. The summed E-state index contributed by atoms with van der Waals surface area (Å²) in [5.41, 5.74) is -0.821. The maximum atomic E-state index is 12.6. The number of carbonyl (C=O) groups is 1. The number of Topliss-reactive ketones (excluding diaryl/α,β-unsaturated/α-hetero) is 1. The van der Waals surface area contributed by atoms with E-state index in [2.05, 4.69) is 0 Å². The van der Waals surface area contributed by atoms with E-state index in [-0.39, 0.29) is 23.7 Å². The van der Waals surface area contributed by atoms with Crippen LogP contribution in [0.1, 0.15) is 37.8 Å². The standard InChI is InChI=1S/C18H19F3O3/c1-11-15(22)9-14-10-16(11)23-24-17(14,2)8-7-12-3-5-13(6-4-12)18(19,20)21/h3-8,11,14,16H,9-10H2,1-2H3/t11-,14?,16+,17-/m0/s1. The van der Waals surface area contributed by atoms with Gasteiger partial charge in [0.1, 0.15) is 17.5 Å². The fraction of sp³-hybridized carbons (Fsp3) is 0.500. The quantitative estimate of drug-likeness (QED) is 0.748. The molecule has 1 saturated carbocycles. The Balaban J connectivity index is 1.75. The molecular weight excluding hydrogens is 321 g/mol. The van der Waals surface area contributed by atoms with Crippen molar-refractivity contribution in [3.8, 4) is 0 Å². The number of rotatable bonds is 2. The van der Waals surface area contributed by atoms with Gasteiger partial charge in [-0.2, -0.15) is 13.2 Å². The Bertz CT molecular complexity index is 650. The molecule has 4 atom stereocenters. The third-order valence-corrected chi connectivity index (χ3v) is 5.04. The molecule has 3 rings (SSSR count). The second-order valence-corrected chi connectivity index (χ2v) is 6.75. The highest BCUT2D eigenvalue weighted by molar-refractivity contribution is 5.82. The highest BCUT2D eigenvalue weighted by Crippen LogP contribution is 2.43. The molecule has 24 heavy (non-hydrogen) atoms. The number of carbonyl (C=O) groups excluding carboxylic acids is 1. The number of alkyl halides is 3. The van der Waals surface area contributed by atoms with Gasteiger partial charge < -0.3 is 0 Å². The zero-order valence-corrected chi connectivity index (χ0v) is 13.5. The SMILES string of the molecule is C[C@H]1C(=O)CC2C[C@H]1OO[C@@]2(C)C=Cc1ccc(C(F)(F)F)cc1. The molecule has 0 radical (unpaired) electrons. The second kappa shape index (κ2) is 6.01. The number of halogens is 3. The summed E-state index contributed by atoms with van der Waals surface area (Å²) >= 11 is 0. The first-order valence-corrected chi connectivity index (χ1v) is 7.93. The van der Waals surface area contributed by atoms with Crippen molar-refractivity contribution in [1.82, 2.24) is 0 Å². The van der Waals surface area contributed by atoms with E-state index >= 15 is 0 Å². The molecule has 1 saturated heterocycles. The molecule has 0 aromatic heterocycles. The van der Waals surface area contributed by atoms with Crippen LogP contribution in [0.4, 0.5) is 13.2 Å². The van der Waals surface area contributed by atoms with Gasteiger partial charge in [0, 0.05) is 18.3 Å². The van der Waals surface area contributed by atoms with Crippen LogP contribution in [0.25, 0.3) is 6.08 Å². The fourth-order valence-electron chi connectivity index (χ4n) is 3.21. The van der Waals surface area contributed by atoms with Gasteiger partial charge in [-0.1, -0.05) is 25.1 Å². The predicted molar refractivity (Wildman–Crippen MR) is 81.7 cm³/mol. The Morgan fingerprint density at radius 2 is 1.92 bits per heavy atom. The van der Waals surface area contributed by atoms with E-state index < -0.39 is 17.3 Å². The van der Waals surface area contributed by atoms with Crippen molar-refractivity contribution >= 4 is 11.9 Å². The van der Waals surface area contributed by atoms with Gasteiger partial charge in [0.15, 0.2) is 0 Å². The van der Waals surface area contributed by atoms with Gasteiger partial charge in [0.05, 0.1) is 5.56 Å². The Labute approximate surface area is 138 Å². The van der Waals surface area contributed by atoms with Crippen LogP contribution in [0.2, 0.25) is 0 Å². The normalized spacial score (nSPS) is 33.9. The average molecular weight is 340 g/mol. The molecule has 0 N–H and O–H groups in total. The molecule has 2 aliphatic rings. The predicted octanol–water partition coefficient (Wildman–Crippen LogP) is 4.42. The highest BCUT2D eigenvalue weighted by Gasteiger charge is 2.48. The molecule has 0 amide bonds. The van der Waals surface area contributed by atoms with Crippen LogP contribution >= 0.6 is 0 Å². The Morgan fingerprint density at radius 1 is 1.25 bits per heavy atom. The summed E-state index contributed by atoms with van der Waals surface area (Å²) in [6, 6.07) is 4.90. The molecule has 130 valence electrons. The van der Waals surface area contributed by atoms with Crippen LogP contribution in [0.3, 0.4) is 0 Å². The molecule has 1 unspecified atom stereocenters. The van der Waals surface area contributed by atoms with E-state index in [1.165, 1.54) is 12.1 Å². The lowest BCUT2D eigenvalue weighted by Crippen LogP contribution is -2.51. The van der Waals surface area contributed by atoms with Gasteiger partial charge in [-0.25, -0.2) is 9.78 Å². The minimum Gasteiger partial charge on any atom is -0.299 e. The summed E-state index contributed by atoms with van der Waals surface area (Å²) in [6.07, 6.45) is 0.0635. The lowest BCUT2D eigenvalue weighted by atomic mass is 9.71. The lowest BCUT2D eigenvalue weighted by Gasteiger charge is -2.45. The van der Waals surface area contributed by atoms with Crippen molar-refractivity contribution in [3.05, 3.63) is 41.5 Å². The number of ketones is 1. The van der Waals surface area contributed by atoms with E-state index in [9.17, 15) is 18.0 Å². The van der Waals surface area contributed by atoms with Gasteiger partial charge in [0.2, 0.25) is 0 Å². The highest BCUT2D eigenvalue weighted by atomic mass is 19.4. The minimum absolute atomic E-state index is 0.00523. The summed E-state index contributed by atoms with van der Waals surface area (Å²) < 4.78 is 37.7. The molecule has 3 nitrogen and oxygen atoms in total. The number of hydrogen-bond acceptors (Lipinski definition) is 3. The van der Waals surface area contributed by atoms with Gasteiger partial charge in [-0.3, -0.25) is 4.79 Å². The third kappa shape index (κ3) is 3.26. The van der Waals surface area contributed by atoms with Crippen LogP contribution in [0, 0.1) is 11.8 Å². The van der Waals surface area contributed by atoms with Crippen molar-refractivity contribution in [1.29, 1.82) is 0 Å². The first-order chi connectivity index (χ1) is 11.2. The fourth-order valence-corrected chi connectivity index (χ4v) is 3.21. The Morgan fingerprint density at radius 3 is 2.54 bits per heavy atom. The van der Waals surface area contributed by atoms with Crippen LogP contribution in [-0.4, -0.2) is 17.5 Å². The molecular formula is C18H19F3O3. The van der Waals surface area contributed by atoms with Crippen LogP contribution in [0.15, 0.2) is 30.3 Å². The summed E-state index contributed by atoms with van der Waals surface area (Å²) in [6.45, 7) is 3.67. The molecule has 2 bridgehead atoms. The van der Waals surface area contributed by atoms with Crippen molar-refractivity contribution in [2.24, 2.45) is 11.8 Å². The molecule has 1 aliphatic heterocycles. The number of fused-ring (bicyclic) bond motifs is 2. The molecule has 1 aromatic carbocycles. The van der Waals surface area contributed by atoms with Crippen LogP contribution in [0.5, 0.6) is 0 Å². The summed E-state index contributed by atoms with van der Waals surface area (Å²) in [5.74, 6) is 0.00375. The van der Waals surface area contributed by atoms with Crippen molar-refractivity contribution in [2.45, 2.75) is 44.6 Å². The minimum atomic E-state index is -4.34. The zero-order valence-electron chi connectivity index (χ0n) is 13.5. The largest absolute Gasteiger partial charge is 0.416 e. The van der Waals surface area contributed by atoms with Crippen molar-refractivity contribution in [2.75, 3.05) is 0 Å². The lowest BCUT2D eigenvalue weighted by molar-refractivity contribution is -0.415. The van der Waals surface area contributed by atoms with Crippen molar-refractivity contribution in [3.63, 3.8) is 0 Å². The van der Waals surface area contributed by atoms with E-state index in [0.29, 0.717) is 12.0 Å².